The van der Waals surface area contributed by atoms with Gasteiger partial charge >= 0.3 is 0 Å². The van der Waals surface area contributed by atoms with Gasteiger partial charge in [0.2, 0.25) is 0 Å². The molecule has 1 atom stereocenters. The molecular weight excluding hydrogens is 286 g/mol. The second kappa shape index (κ2) is 6.60. The lowest BCUT2D eigenvalue weighted by Crippen LogP contribution is -2.25. The van der Waals surface area contributed by atoms with Gasteiger partial charge in [-0.2, -0.15) is 0 Å². The molecule has 114 valence electrons. The molecule has 0 aliphatic carbocycles. The Morgan fingerprint density at radius 2 is 1.90 bits per heavy atom. The number of halogens is 1. The normalized spacial score (nSPS) is 12.9. The topological polar surface area (TPSA) is 41.3 Å². The molecule has 2 rings (SSSR count). The van der Waals surface area contributed by atoms with Gasteiger partial charge in [0.25, 0.3) is 0 Å². The first kappa shape index (κ1) is 16.0. The highest BCUT2D eigenvalue weighted by Gasteiger charge is 2.14. The van der Waals surface area contributed by atoms with Crippen molar-refractivity contribution in [2.75, 3.05) is 13.6 Å². The molecule has 4 nitrogen and oxygen atoms in total. The highest BCUT2D eigenvalue weighted by molar-refractivity contribution is 6.29. The molecule has 0 spiro atoms. The van der Waals surface area contributed by atoms with E-state index in [0.29, 0.717) is 18.2 Å². The van der Waals surface area contributed by atoms with Crippen molar-refractivity contribution < 1.29 is 5.11 Å². The smallest absolute Gasteiger partial charge is 0.128 e. The number of aryl methyl sites for hydroxylation is 2. The molecule has 1 aromatic heterocycles. The van der Waals surface area contributed by atoms with Gasteiger partial charge < -0.3 is 9.67 Å². The fourth-order valence-corrected chi connectivity index (χ4v) is 2.63. The van der Waals surface area contributed by atoms with Crippen LogP contribution in [0.2, 0.25) is 5.15 Å². The summed E-state index contributed by atoms with van der Waals surface area (Å²) in [7, 11) is 3.85. The third-order valence-electron chi connectivity index (χ3n) is 3.55. The Morgan fingerprint density at radius 3 is 2.43 bits per heavy atom. The van der Waals surface area contributed by atoms with E-state index in [4.69, 9.17) is 11.6 Å². The number of rotatable bonds is 5. The van der Waals surface area contributed by atoms with Crippen molar-refractivity contribution >= 4 is 11.6 Å². The van der Waals surface area contributed by atoms with Gasteiger partial charge in [-0.3, -0.25) is 4.90 Å². The lowest BCUT2D eigenvalue weighted by atomic mass is 10.0. The van der Waals surface area contributed by atoms with Crippen LogP contribution in [0.1, 0.15) is 28.6 Å². The van der Waals surface area contributed by atoms with Crippen LogP contribution in [0.3, 0.4) is 0 Å². The largest absolute Gasteiger partial charge is 0.387 e. The molecule has 0 saturated heterocycles. The summed E-state index contributed by atoms with van der Waals surface area (Å²) in [5.74, 6) is 0.884. The van der Waals surface area contributed by atoms with Crippen molar-refractivity contribution in [2.24, 2.45) is 7.05 Å². The first-order chi connectivity index (χ1) is 9.86. The molecule has 1 unspecified atom stereocenters. The fraction of sp³-hybridized carbons (Fsp3) is 0.438. The molecule has 0 aliphatic heterocycles. The van der Waals surface area contributed by atoms with Crippen LogP contribution in [0.5, 0.6) is 0 Å². The minimum atomic E-state index is -0.510. The van der Waals surface area contributed by atoms with E-state index in [1.165, 1.54) is 11.1 Å². The standard InChI is InChI=1S/C16H22ClN3O/c1-11-5-12(2)7-13(6-11)14(21)9-19(3)10-16-18-8-15(17)20(16)4/h5-8,14,21H,9-10H2,1-4H3. The minimum absolute atomic E-state index is 0.510. The Kier molecular flexibility index (Phi) is 5.04. The van der Waals surface area contributed by atoms with Crippen LogP contribution in [0.25, 0.3) is 0 Å². The number of imidazole rings is 1. The molecule has 0 radical (unpaired) electrons. The Hall–Kier alpha value is -1.36. The predicted octanol–water partition coefficient (Wildman–Crippen LogP) is 2.86. The van der Waals surface area contributed by atoms with Crippen molar-refractivity contribution in [2.45, 2.75) is 26.5 Å². The summed E-state index contributed by atoms with van der Waals surface area (Å²) in [6.45, 7) is 5.28. The number of hydrogen-bond acceptors (Lipinski definition) is 3. The zero-order chi connectivity index (χ0) is 15.6. The van der Waals surface area contributed by atoms with Crippen LogP contribution in [0.4, 0.5) is 0 Å². The van der Waals surface area contributed by atoms with Crippen molar-refractivity contribution in [3.63, 3.8) is 0 Å². The molecule has 21 heavy (non-hydrogen) atoms. The van der Waals surface area contributed by atoms with Crippen LogP contribution in [-0.2, 0) is 13.6 Å². The lowest BCUT2D eigenvalue weighted by molar-refractivity contribution is 0.122. The Labute approximate surface area is 131 Å². The van der Waals surface area contributed by atoms with Crippen LogP contribution in [-0.4, -0.2) is 33.1 Å². The van der Waals surface area contributed by atoms with E-state index in [-0.39, 0.29) is 0 Å². The van der Waals surface area contributed by atoms with Gasteiger partial charge in [0.15, 0.2) is 0 Å². The van der Waals surface area contributed by atoms with Crippen LogP contribution < -0.4 is 0 Å². The summed E-state index contributed by atoms with van der Waals surface area (Å²) in [5.41, 5.74) is 3.29. The minimum Gasteiger partial charge on any atom is -0.387 e. The summed E-state index contributed by atoms with van der Waals surface area (Å²) in [4.78, 5) is 6.31. The third kappa shape index (κ3) is 4.06. The van der Waals surface area contributed by atoms with Gasteiger partial charge in [-0.1, -0.05) is 40.9 Å². The SMILES string of the molecule is Cc1cc(C)cc(C(O)CN(C)Cc2ncc(Cl)n2C)c1. The second-order valence-electron chi connectivity index (χ2n) is 5.69. The van der Waals surface area contributed by atoms with E-state index in [0.717, 1.165) is 11.4 Å². The number of benzene rings is 1. The summed E-state index contributed by atoms with van der Waals surface area (Å²) in [6.07, 6.45) is 1.13. The molecule has 1 aromatic carbocycles. The average molecular weight is 308 g/mol. The maximum absolute atomic E-state index is 10.4. The van der Waals surface area contributed by atoms with Gasteiger partial charge in [0, 0.05) is 13.6 Å². The maximum atomic E-state index is 10.4. The van der Waals surface area contributed by atoms with E-state index in [1.807, 2.05) is 49.5 Å². The van der Waals surface area contributed by atoms with E-state index < -0.39 is 6.10 Å². The van der Waals surface area contributed by atoms with Crippen LogP contribution >= 0.6 is 11.6 Å². The number of aliphatic hydroxyl groups is 1. The van der Waals surface area contributed by atoms with Crippen molar-refractivity contribution in [1.29, 1.82) is 0 Å². The number of hydrogen-bond donors (Lipinski definition) is 1. The van der Waals surface area contributed by atoms with Gasteiger partial charge in [0.05, 0.1) is 18.8 Å². The monoisotopic (exact) mass is 307 g/mol. The zero-order valence-corrected chi connectivity index (χ0v) is 13.7. The lowest BCUT2D eigenvalue weighted by Gasteiger charge is -2.21. The number of nitrogens with zero attached hydrogens (tertiary/aromatic N) is 3. The first-order valence-electron chi connectivity index (χ1n) is 6.97. The van der Waals surface area contributed by atoms with Crippen LogP contribution in [0, 0.1) is 13.8 Å². The van der Waals surface area contributed by atoms with Crippen molar-refractivity contribution in [3.8, 4) is 0 Å². The molecule has 0 bridgehead atoms. The summed E-state index contributed by atoms with van der Waals surface area (Å²) in [6, 6.07) is 6.17. The molecule has 1 N–H and O–H groups in total. The Bertz CT molecular complexity index is 604. The fourth-order valence-electron chi connectivity index (χ4n) is 2.48. The van der Waals surface area contributed by atoms with Crippen LogP contribution in [0.15, 0.2) is 24.4 Å². The molecule has 0 aliphatic rings. The Balaban J connectivity index is 2.01. The van der Waals surface area contributed by atoms with Gasteiger partial charge in [0.1, 0.15) is 11.0 Å². The molecule has 0 amide bonds. The van der Waals surface area contributed by atoms with Crippen molar-refractivity contribution in [3.05, 3.63) is 52.1 Å². The summed E-state index contributed by atoms with van der Waals surface area (Å²) in [5, 5.41) is 11.0. The molecule has 1 heterocycles. The second-order valence-corrected chi connectivity index (χ2v) is 6.08. The highest BCUT2D eigenvalue weighted by Crippen LogP contribution is 2.18. The number of aliphatic hydroxyl groups excluding tert-OH is 1. The predicted molar refractivity (Wildman–Crippen MR) is 85.4 cm³/mol. The zero-order valence-electron chi connectivity index (χ0n) is 13.0. The molecule has 0 saturated carbocycles. The number of likely N-dealkylation sites (N-methyl/N-ethyl adjacent to an activating group) is 1. The quantitative estimate of drug-likeness (QED) is 0.923. The van der Waals surface area contributed by atoms with E-state index in [1.54, 1.807) is 6.20 Å². The molecule has 5 heteroatoms. The molecule has 0 fully saturated rings. The molecule has 2 aromatic rings. The van der Waals surface area contributed by atoms with Gasteiger partial charge in [-0.25, -0.2) is 4.98 Å². The van der Waals surface area contributed by atoms with Gasteiger partial charge in [-0.15, -0.1) is 0 Å². The highest BCUT2D eigenvalue weighted by atomic mass is 35.5. The Morgan fingerprint density at radius 1 is 1.29 bits per heavy atom. The average Bonchev–Trinajstić information content (AvgIpc) is 2.69. The molecular formula is C16H22ClN3O. The first-order valence-corrected chi connectivity index (χ1v) is 7.35. The summed E-state index contributed by atoms with van der Waals surface area (Å²) >= 11 is 5.98. The van der Waals surface area contributed by atoms with Crippen molar-refractivity contribution in [1.82, 2.24) is 14.5 Å². The van der Waals surface area contributed by atoms with Gasteiger partial charge in [-0.05, 0) is 26.5 Å². The third-order valence-corrected chi connectivity index (χ3v) is 3.90. The number of aromatic nitrogens is 2. The van der Waals surface area contributed by atoms with E-state index >= 15 is 0 Å². The maximum Gasteiger partial charge on any atom is 0.128 e. The van der Waals surface area contributed by atoms with E-state index in [9.17, 15) is 5.11 Å². The summed E-state index contributed by atoms with van der Waals surface area (Å²) < 4.78 is 1.85. The van der Waals surface area contributed by atoms with E-state index in [2.05, 4.69) is 11.1 Å².